The normalized spacial score (nSPS) is 11.9. The van der Waals surface area contributed by atoms with E-state index in [1.165, 1.54) is 0 Å². The van der Waals surface area contributed by atoms with Gasteiger partial charge in [-0.25, -0.2) is 0 Å². The molecule has 0 bridgehead atoms. The second kappa shape index (κ2) is 6.55. The fraction of sp³-hybridized carbons (Fsp3) is 0.188. The number of anilines is 1. The molecule has 104 valence electrons. The third-order valence-corrected chi connectivity index (χ3v) is 3.42. The van der Waals surface area contributed by atoms with Crippen LogP contribution in [0.15, 0.2) is 48.5 Å². The summed E-state index contributed by atoms with van der Waals surface area (Å²) >= 11 is 6.08. The molecular weight excluding hydrogens is 272 g/mol. The van der Waals surface area contributed by atoms with Crippen LogP contribution in [0.25, 0.3) is 0 Å². The highest BCUT2D eigenvalue weighted by Gasteiger charge is 2.16. The molecule has 0 radical (unpaired) electrons. The largest absolute Gasteiger partial charge is 0.323 e. The number of nitrogens with one attached hydrogen (secondary N) is 1. The lowest BCUT2D eigenvalue weighted by atomic mass is 10.1. The fourth-order valence-corrected chi connectivity index (χ4v) is 2.24. The van der Waals surface area contributed by atoms with Gasteiger partial charge in [-0.05, 0) is 30.5 Å². The standard InChI is InChI=1S/C16H17ClN2O/c1-11-6-5-9-13(17)15(11)19-16(20)14(18)10-12-7-3-2-4-8-12/h2-9,14H,10,18H2,1H3,(H,19,20). The molecule has 0 saturated carbocycles. The number of hydrogen-bond donors (Lipinski definition) is 2. The molecule has 0 fully saturated rings. The van der Waals surface area contributed by atoms with Crippen molar-refractivity contribution in [3.8, 4) is 0 Å². The average molecular weight is 289 g/mol. The third kappa shape index (κ3) is 3.59. The molecule has 2 aromatic rings. The molecule has 4 heteroatoms. The summed E-state index contributed by atoms with van der Waals surface area (Å²) in [7, 11) is 0. The molecule has 1 atom stereocenters. The summed E-state index contributed by atoms with van der Waals surface area (Å²) < 4.78 is 0. The first-order chi connectivity index (χ1) is 9.58. The van der Waals surface area contributed by atoms with Crippen LogP contribution in [-0.4, -0.2) is 11.9 Å². The van der Waals surface area contributed by atoms with Gasteiger partial charge in [-0.2, -0.15) is 0 Å². The van der Waals surface area contributed by atoms with Crippen LogP contribution in [0.5, 0.6) is 0 Å². The predicted molar refractivity (Wildman–Crippen MR) is 82.9 cm³/mol. The summed E-state index contributed by atoms with van der Waals surface area (Å²) in [6, 6.07) is 14.6. The SMILES string of the molecule is Cc1cccc(Cl)c1NC(=O)C(N)Cc1ccccc1. The summed E-state index contributed by atoms with van der Waals surface area (Å²) in [6.45, 7) is 1.89. The fourth-order valence-electron chi connectivity index (χ4n) is 1.97. The van der Waals surface area contributed by atoms with Crippen LogP contribution in [0, 0.1) is 6.92 Å². The van der Waals surface area contributed by atoms with E-state index in [2.05, 4.69) is 5.32 Å². The lowest BCUT2D eigenvalue weighted by Crippen LogP contribution is -2.37. The number of para-hydroxylation sites is 1. The first-order valence-corrected chi connectivity index (χ1v) is 6.81. The number of rotatable bonds is 4. The minimum Gasteiger partial charge on any atom is -0.323 e. The van der Waals surface area contributed by atoms with Gasteiger partial charge in [0.25, 0.3) is 0 Å². The zero-order valence-corrected chi connectivity index (χ0v) is 12.0. The zero-order chi connectivity index (χ0) is 14.5. The topological polar surface area (TPSA) is 55.1 Å². The van der Waals surface area contributed by atoms with Gasteiger partial charge in [-0.3, -0.25) is 4.79 Å². The van der Waals surface area contributed by atoms with Crippen LogP contribution in [0.2, 0.25) is 5.02 Å². The van der Waals surface area contributed by atoms with Gasteiger partial charge in [-0.1, -0.05) is 54.1 Å². The lowest BCUT2D eigenvalue weighted by Gasteiger charge is -2.15. The molecule has 1 amide bonds. The van der Waals surface area contributed by atoms with Gasteiger partial charge in [-0.15, -0.1) is 0 Å². The molecule has 0 spiro atoms. The van der Waals surface area contributed by atoms with E-state index < -0.39 is 6.04 Å². The molecular formula is C16H17ClN2O. The summed E-state index contributed by atoms with van der Waals surface area (Å²) in [6.07, 6.45) is 0.496. The van der Waals surface area contributed by atoms with Gasteiger partial charge in [0.05, 0.1) is 16.8 Å². The molecule has 3 nitrogen and oxygen atoms in total. The average Bonchev–Trinajstić information content (AvgIpc) is 2.44. The van der Waals surface area contributed by atoms with Crippen molar-refractivity contribution in [3.63, 3.8) is 0 Å². The van der Waals surface area contributed by atoms with Crippen molar-refractivity contribution in [3.05, 3.63) is 64.7 Å². The number of hydrogen-bond acceptors (Lipinski definition) is 2. The van der Waals surface area contributed by atoms with E-state index in [4.69, 9.17) is 17.3 Å². The Morgan fingerprint density at radius 1 is 1.20 bits per heavy atom. The van der Waals surface area contributed by atoms with E-state index >= 15 is 0 Å². The number of aryl methyl sites for hydroxylation is 1. The van der Waals surface area contributed by atoms with Gasteiger partial charge in [0, 0.05) is 0 Å². The summed E-state index contributed by atoms with van der Waals surface area (Å²) in [5.41, 5.74) is 8.52. The Morgan fingerprint density at radius 3 is 2.55 bits per heavy atom. The molecule has 2 aromatic carbocycles. The molecule has 20 heavy (non-hydrogen) atoms. The molecule has 0 heterocycles. The highest BCUT2D eigenvalue weighted by atomic mass is 35.5. The number of carbonyl (C=O) groups excluding carboxylic acids is 1. The van der Waals surface area contributed by atoms with E-state index in [1.54, 1.807) is 6.07 Å². The third-order valence-electron chi connectivity index (χ3n) is 3.11. The number of amides is 1. The van der Waals surface area contributed by atoms with Crippen molar-refractivity contribution < 1.29 is 4.79 Å². The molecule has 1 unspecified atom stereocenters. The van der Waals surface area contributed by atoms with Crippen molar-refractivity contribution in [1.82, 2.24) is 0 Å². The van der Waals surface area contributed by atoms with Crippen LogP contribution in [-0.2, 0) is 11.2 Å². The van der Waals surface area contributed by atoms with E-state index in [9.17, 15) is 4.79 Å². The van der Waals surface area contributed by atoms with E-state index in [0.717, 1.165) is 11.1 Å². The van der Waals surface area contributed by atoms with E-state index in [0.29, 0.717) is 17.1 Å². The van der Waals surface area contributed by atoms with Crippen molar-refractivity contribution in [2.75, 3.05) is 5.32 Å². The second-order valence-electron chi connectivity index (χ2n) is 4.72. The quantitative estimate of drug-likeness (QED) is 0.908. The van der Waals surface area contributed by atoms with Crippen molar-refractivity contribution >= 4 is 23.2 Å². The number of nitrogens with two attached hydrogens (primary N) is 1. The van der Waals surface area contributed by atoms with Crippen LogP contribution in [0.1, 0.15) is 11.1 Å². The Labute approximate surface area is 123 Å². The zero-order valence-electron chi connectivity index (χ0n) is 11.3. The predicted octanol–water partition coefficient (Wildman–Crippen LogP) is 3.16. The van der Waals surface area contributed by atoms with Gasteiger partial charge in [0.1, 0.15) is 0 Å². The minimum atomic E-state index is -0.604. The summed E-state index contributed by atoms with van der Waals surface area (Å²) in [4.78, 5) is 12.1. The van der Waals surface area contributed by atoms with Crippen molar-refractivity contribution in [2.24, 2.45) is 5.73 Å². The van der Waals surface area contributed by atoms with E-state index in [-0.39, 0.29) is 5.91 Å². The molecule has 0 aliphatic carbocycles. The van der Waals surface area contributed by atoms with Gasteiger partial charge in [0.15, 0.2) is 0 Å². The first kappa shape index (κ1) is 14.6. The molecule has 2 rings (SSSR count). The van der Waals surface area contributed by atoms with Gasteiger partial charge in [0.2, 0.25) is 5.91 Å². The van der Waals surface area contributed by atoms with Crippen LogP contribution in [0.3, 0.4) is 0 Å². The molecule has 0 aliphatic rings. The van der Waals surface area contributed by atoms with Crippen molar-refractivity contribution in [1.29, 1.82) is 0 Å². The molecule has 0 aromatic heterocycles. The lowest BCUT2D eigenvalue weighted by molar-refractivity contribution is -0.117. The second-order valence-corrected chi connectivity index (χ2v) is 5.12. The summed E-state index contributed by atoms with van der Waals surface area (Å²) in [5.74, 6) is -0.231. The van der Waals surface area contributed by atoms with E-state index in [1.807, 2.05) is 49.4 Å². The maximum absolute atomic E-state index is 12.1. The maximum Gasteiger partial charge on any atom is 0.241 e. The molecule has 0 aliphatic heterocycles. The van der Waals surface area contributed by atoms with Gasteiger partial charge < -0.3 is 11.1 Å². The maximum atomic E-state index is 12.1. The number of carbonyl (C=O) groups is 1. The smallest absolute Gasteiger partial charge is 0.241 e. The minimum absolute atomic E-state index is 0.231. The number of halogens is 1. The Bertz CT molecular complexity index is 578. The monoisotopic (exact) mass is 288 g/mol. The Hall–Kier alpha value is -1.84. The van der Waals surface area contributed by atoms with Gasteiger partial charge >= 0.3 is 0 Å². The Morgan fingerprint density at radius 2 is 1.90 bits per heavy atom. The van der Waals surface area contributed by atoms with Crippen LogP contribution >= 0.6 is 11.6 Å². The van der Waals surface area contributed by atoms with Crippen LogP contribution in [0.4, 0.5) is 5.69 Å². The highest BCUT2D eigenvalue weighted by molar-refractivity contribution is 6.34. The summed E-state index contributed by atoms with van der Waals surface area (Å²) in [5, 5.41) is 3.32. The van der Waals surface area contributed by atoms with Crippen LogP contribution < -0.4 is 11.1 Å². The highest BCUT2D eigenvalue weighted by Crippen LogP contribution is 2.25. The number of benzene rings is 2. The Balaban J connectivity index is 2.05. The van der Waals surface area contributed by atoms with Crippen molar-refractivity contribution in [2.45, 2.75) is 19.4 Å². The molecule has 3 N–H and O–H groups in total. The Kier molecular flexibility index (Phi) is 4.77. The first-order valence-electron chi connectivity index (χ1n) is 6.43. The molecule has 0 saturated heterocycles.